The van der Waals surface area contributed by atoms with E-state index in [1.54, 1.807) is 12.1 Å². The summed E-state index contributed by atoms with van der Waals surface area (Å²) < 4.78 is 69.7. The van der Waals surface area contributed by atoms with Gasteiger partial charge in [0.1, 0.15) is 0 Å². The van der Waals surface area contributed by atoms with Crippen molar-refractivity contribution in [3.63, 3.8) is 0 Å². The first-order chi connectivity index (χ1) is 11.1. The fourth-order valence-corrected chi connectivity index (χ4v) is 2.77. The third kappa shape index (κ3) is 4.84. The Hall–Kier alpha value is -1.82. The number of sulfonamides is 1. The maximum absolute atomic E-state index is 12.4. The van der Waals surface area contributed by atoms with Gasteiger partial charge in [-0.15, -0.1) is 4.40 Å². The molecule has 24 heavy (non-hydrogen) atoms. The SMILES string of the molecule is O=S(=O)(/N=C(/[O-])Oc1ccc(I)cc1)c1ccc(C(F)(F)F)cc1. The van der Waals surface area contributed by atoms with Crippen LogP contribution in [0.25, 0.3) is 0 Å². The molecule has 0 saturated carbocycles. The zero-order valence-corrected chi connectivity index (χ0v) is 14.6. The smallest absolute Gasteiger partial charge is 0.416 e. The molecule has 0 radical (unpaired) electrons. The van der Waals surface area contributed by atoms with E-state index in [2.05, 4.69) is 4.40 Å². The summed E-state index contributed by atoms with van der Waals surface area (Å²) >= 11 is 2.03. The minimum Gasteiger partial charge on any atom is -0.566 e. The molecule has 0 spiro atoms. The van der Waals surface area contributed by atoms with Crippen molar-refractivity contribution in [3.05, 3.63) is 57.7 Å². The first kappa shape index (κ1) is 18.5. The summed E-state index contributed by atoms with van der Waals surface area (Å²) in [6.07, 6.45) is -5.99. The highest BCUT2D eigenvalue weighted by atomic mass is 127. The summed E-state index contributed by atoms with van der Waals surface area (Å²) in [5.41, 5.74) is -1.01. The number of hydrogen-bond donors (Lipinski definition) is 0. The molecule has 0 fully saturated rings. The summed E-state index contributed by atoms with van der Waals surface area (Å²) in [6.45, 7) is 0. The number of halogens is 4. The first-order valence-electron chi connectivity index (χ1n) is 6.20. The average molecular weight is 470 g/mol. The lowest BCUT2D eigenvalue weighted by Crippen LogP contribution is -2.26. The van der Waals surface area contributed by atoms with Gasteiger partial charge in [-0.05, 0) is 71.1 Å². The van der Waals surface area contributed by atoms with Crippen LogP contribution in [0.2, 0.25) is 0 Å². The monoisotopic (exact) mass is 470 g/mol. The Bertz CT molecular complexity index is 847. The predicted octanol–water partition coefficient (Wildman–Crippen LogP) is 2.79. The molecule has 0 aromatic heterocycles. The van der Waals surface area contributed by atoms with Crippen LogP contribution in [0.5, 0.6) is 5.75 Å². The number of benzene rings is 2. The molecule has 2 rings (SSSR count). The fourth-order valence-electron chi connectivity index (χ4n) is 1.59. The lowest BCUT2D eigenvalue weighted by atomic mass is 10.2. The third-order valence-corrected chi connectivity index (χ3v) is 4.67. The summed E-state index contributed by atoms with van der Waals surface area (Å²) in [5.74, 6) is 0.0896. The van der Waals surface area contributed by atoms with Crippen LogP contribution in [0.3, 0.4) is 0 Å². The van der Waals surface area contributed by atoms with E-state index in [0.29, 0.717) is 12.1 Å². The summed E-state index contributed by atoms with van der Waals surface area (Å²) in [6, 6.07) is 8.78. The molecule has 0 aliphatic heterocycles. The molecule has 5 nitrogen and oxygen atoms in total. The Labute approximate surface area is 149 Å². The Balaban J connectivity index is 2.21. The third-order valence-electron chi connectivity index (χ3n) is 2.69. The Morgan fingerprint density at radius 1 is 1.04 bits per heavy atom. The van der Waals surface area contributed by atoms with Crippen LogP contribution in [0, 0.1) is 3.57 Å². The van der Waals surface area contributed by atoms with E-state index in [-0.39, 0.29) is 5.75 Å². The van der Waals surface area contributed by atoms with Gasteiger partial charge in [-0.3, -0.25) is 0 Å². The van der Waals surface area contributed by atoms with Crippen molar-refractivity contribution in [1.29, 1.82) is 0 Å². The minimum absolute atomic E-state index is 0.0896. The van der Waals surface area contributed by atoms with Crippen LogP contribution in [-0.4, -0.2) is 14.5 Å². The normalized spacial score (nSPS) is 12.9. The number of alkyl halides is 3. The maximum Gasteiger partial charge on any atom is 0.416 e. The van der Waals surface area contributed by atoms with Crippen molar-refractivity contribution < 1.29 is 31.4 Å². The summed E-state index contributed by atoms with van der Waals surface area (Å²) in [4.78, 5) is -0.546. The highest BCUT2D eigenvalue weighted by molar-refractivity contribution is 14.1. The van der Waals surface area contributed by atoms with E-state index >= 15 is 0 Å². The Kier molecular flexibility index (Phi) is 5.38. The molecule has 0 bridgehead atoms. The molecule has 0 N–H and O–H groups in total. The van der Waals surface area contributed by atoms with E-state index in [1.807, 2.05) is 22.6 Å². The van der Waals surface area contributed by atoms with Crippen molar-refractivity contribution in [2.75, 3.05) is 0 Å². The standard InChI is InChI=1S/C14H9F3INO4S/c15-14(16,17)9-1-7-12(8-2-9)24(21,22)19-13(20)23-11-5-3-10(18)4-6-11/h1-8H,(H,19,20)/p-1. The second kappa shape index (κ2) is 6.97. The molecule has 2 aromatic rings. The molecule has 2 aromatic carbocycles. The minimum atomic E-state index is -4.59. The van der Waals surface area contributed by atoms with Crippen molar-refractivity contribution in [3.8, 4) is 5.75 Å². The average Bonchev–Trinajstić information content (AvgIpc) is 2.48. The van der Waals surface area contributed by atoms with Crippen LogP contribution in [0.4, 0.5) is 13.2 Å². The van der Waals surface area contributed by atoms with Gasteiger partial charge in [-0.2, -0.15) is 21.6 Å². The zero-order chi connectivity index (χ0) is 18.0. The van der Waals surface area contributed by atoms with Gasteiger partial charge in [0.25, 0.3) is 10.0 Å². The molecule has 0 atom stereocenters. The van der Waals surface area contributed by atoms with Gasteiger partial charge in [-0.25, -0.2) is 0 Å². The number of rotatable bonds is 3. The molecule has 0 aliphatic rings. The predicted molar refractivity (Wildman–Crippen MR) is 85.9 cm³/mol. The Morgan fingerprint density at radius 2 is 1.58 bits per heavy atom. The lowest BCUT2D eigenvalue weighted by molar-refractivity contribution is -0.239. The van der Waals surface area contributed by atoms with Crippen LogP contribution < -0.4 is 9.84 Å². The molecule has 10 heteroatoms. The van der Waals surface area contributed by atoms with Crippen molar-refractivity contribution in [2.45, 2.75) is 11.1 Å². The van der Waals surface area contributed by atoms with Gasteiger partial charge in [0.05, 0.1) is 10.5 Å². The molecule has 0 unspecified atom stereocenters. The molecule has 0 aliphatic carbocycles. The molecule has 128 valence electrons. The highest BCUT2D eigenvalue weighted by Gasteiger charge is 2.30. The number of hydrogen-bond acceptors (Lipinski definition) is 4. The lowest BCUT2D eigenvalue weighted by Gasteiger charge is -2.14. The van der Waals surface area contributed by atoms with Gasteiger partial charge in [-0.1, -0.05) is 0 Å². The summed E-state index contributed by atoms with van der Waals surface area (Å²) in [5, 5.41) is 11.6. The molecule has 0 amide bonds. The molecule has 0 saturated heterocycles. The van der Waals surface area contributed by atoms with Gasteiger partial charge in [0, 0.05) is 9.32 Å². The topological polar surface area (TPSA) is 78.8 Å². The van der Waals surface area contributed by atoms with Crippen molar-refractivity contribution in [2.24, 2.45) is 4.40 Å². The number of nitrogens with zero attached hydrogens (tertiary/aromatic N) is 1. The Morgan fingerprint density at radius 3 is 2.08 bits per heavy atom. The van der Waals surface area contributed by atoms with Gasteiger partial charge >= 0.3 is 6.18 Å². The van der Waals surface area contributed by atoms with Gasteiger partial charge in [0.15, 0.2) is 6.08 Å². The highest BCUT2D eigenvalue weighted by Crippen LogP contribution is 2.30. The zero-order valence-electron chi connectivity index (χ0n) is 11.6. The van der Waals surface area contributed by atoms with Gasteiger partial charge < -0.3 is 9.84 Å². The van der Waals surface area contributed by atoms with E-state index in [1.165, 1.54) is 12.1 Å². The summed E-state index contributed by atoms with van der Waals surface area (Å²) in [7, 11) is -4.47. The molecule has 0 heterocycles. The largest absolute Gasteiger partial charge is 0.566 e. The first-order valence-corrected chi connectivity index (χ1v) is 8.72. The second-order valence-corrected chi connectivity index (χ2v) is 7.26. The number of ether oxygens (including phenoxy) is 1. The van der Waals surface area contributed by atoms with Crippen LogP contribution in [-0.2, 0) is 16.2 Å². The van der Waals surface area contributed by atoms with E-state index in [9.17, 15) is 26.7 Å². The van der Waals surface area contributed by atoms with Crippen molar-refractivity contribution in [1.82, 2.24) is 0 Å². The molecular weight excluding hydrogens is 462 g/mol. The maximum atomic E-state index is 12.4. The fraction of sp³-hybridized carbons (Fsp3) is 0.0714. The van der Waals surface area contributed by atoms with E-state index in [4.69, 9.17) is 4.74 Å². The second-order valence-electron chi connectivity index (χ2n) is 4.41. The van der Waals surface area contributed by atoms with Gasteiger partial charge in [0.2, 0.25) is 0 Å². The van der Waals surface area contributed by atoms with E-state index in [0.717, 1.165) is 15.7 Å². The quantitative estimate of drug-likeness (QED) is 0.393. The molecular formula is C14H8F3INO4S-. The van der Waals surface area contributed by atoms with Crippen LogP contribution in [0.15, 0.2) is 57.8 Å². The van der Waals surface area contributed by atoms with E-state index < -0.39 is 32.7 Å². The van der Waals surface area contributed by atoms with Crippen LogP contribution >= 0.6 is 22.6 Å². The van der Waals surface area contributed by atoms with Crippen molar-refractivity contribution >= 4 is 38.7 Å². The van der Waals surface area contributed by atoms with Crippen LogP contribution in [0.1, 0.15) is 5.56 Å².